The van der Waals surface area contributed by atoms with Gasteiger partial charge in [-0.3, -0.25) is 0 Å². The number of hydrogen-bond acceptors (Lipinski definition) is 4. The molecule has 21 heavy (non-hydrogen) atoms. The van der Waals surface area contributed by atoms with Crippen molar-refractivity contribution in [3.63, 3.8) is 0 Å². The molecule has 0 heterocycles. The Kier molecular flexibility index (Phi) is 3.42. The van der Waals surface area contributed by atoms with Gasteiger partial charge in [0.1, 0.15) is 11.2 Å². The number of ether oxygens (including phenoxy) is 2. The van der Waals surface area contributed by atoms with E-state index in [0.717, 1.165) is 19.3 Å². The minimum Gasteiger partial charge on any atom is -0.444 e. The quantitative estimate of drug-likeness (QED) is 0.821. The molecule has 0 atom stereocenters. The maximum atomic E-state index is 11.8. The molecule has 0 saturated heterocycles. The number of carbonyl (C=O) groups excluding carboxylic acids is 2. The average Bonchev–Trinajstić information content (AvgIpc) is 2.05. The topological polar surface area (TPSA) is 76.7 Å². The van der Waals surface area contributed by atoms with Gasteiger partial charge in [-0.05, 0) is 60.8 Å². The summed E-state index contributed by atoms with van der Waals surface area (Å²) in [5, 5.41) is 5.82. The number of amides is 2. The van der Waals surface area contributed by atoms with Crippen molar-refractivity contribution in [1.82, 2.24) is 10.6 Å². The monoisotopic (exact) mass is 298 g/mol. The van der Waals surface area contributed by atoms with Crippen molar-refractivity contribution in [2.75, 3.05) is 0 Å². The molecule has 3 aliphatic rings. The maximum Gasteiger partial charge on any atom is 0.408 e. The van der Waals surface area contributed by atoms with Gasteiger partial charge in [-0.15, -0.1) is 0 Å². The van der Waals surface area contributed by atoms with Crippen molar-refractivity contribution < 1.29 is 19.1 Å². The van der Waals surface area contributed by atoms with E-state index < -0.39 is 23.4 Å². The number of hydrogen-bond donors (Lipinski definition) is 2. The third kappa shape index (κ3) is 3.80. The van der Waals surface area contributed by atoms with Gasteiger partial charge in [-0.2, -0.15) is 0 Å². The molecule has 0 aromatic carbocycles. The largest absolute Gasteiger partial charge is 0.444 e. The zero-order valence-corrected chi connectivity index (χ0v) is 13.8. The molecule has 6 heteroatoms. The highest BCUT2D eigenvalue weighted by molar-refractivity contribution is 5.73. The summed E-state index contributed by atoms with van der Waals surface area (Å²) in [4.78, 5) is 23.5. The van der Waals surface area contributed by atoms with Crippen molar-refractivity contribution in [1.29, 1.82) is 0 Å². The molecule has 0 aromatic rings. The average molecular weight is 298 g/mol. The molecule has 3 saturated carbocycles. The minimum atomic E-state index is -0.500. The van der Waals surface area contributed by atoms with Crippen LogP contribution in [0.3, 0.4) is 0 Å². The van der Waals surface area contributed by atoms with Crippen LogP contribution in [0.2, 0.25) is 0 Å². The normalized spacial score (nSPS) is 30.6. The second kappa shape index (κ2) is 4.52. The molecule has 2 N–H and O–H groups in total. The lowest BCUT2D eigenvalue weighted by atomic mass is 9.44. The van der Waals surface area contributed by atoms with Crippen molar-refractivity contribution in [3.05, 3.63) is 0 Å². The highest BCUT2D eigenvalue weighted by atomic mass is 16.6. The molecule has 0 spiro atoms. The SMILES string of the molecule is CC(C)(C)OC(=O)NC12CC(NC(=O)OC(C)(C)C)(C1)C2. The third-order valence-corrected chi connectivity index (χ3v) is 3.56. The second-order valence-electron chi connectivity index (χ2n) is 8.34. The molecule has 0 radical (unpaired) electrons. The predicted molar refractivity (Wildman–Crippen MR) is 78.1 cm³/mol. The second-order valence-corrected chi connectivity index (χ2v) is 8.34. The van der Waals surface area contributed by atoms with Crippen molar-refractivity contribution >= 4 is 12.2 Å². The van der Waals surface area contributed by atoms with E-state index in [2.05, 4.69) is 10.6 Å². The van der Waals surface area contributed by atoms with Crippen LogP contribution in [0.15, 0.2) is 0 Å². The van der Waals surface area contributed by atoms with Gasteiger partial charge in [0.25, 0.3) is 0 Å². The van der Waals surface area contributed by atoms with E-state index >= 15 is 0 Å². The molecule has 2 amide bonds. The summed E-state index contributed by atoms with van der Waals surface area (Å²) in [6, 6.07) is 0. The number of nitrogens with one attached hydrogen (secondary N) is 2. The van der Waals surface area contributed by atoms with Gasteiger partial charge in [-0.25, -0.2) is 9.59 Å². The molecule has 120 valence electrons. The molecule has 0 aromatic heterocycles. The summed E-state index contributed by atoms with van der Waals surface area (Å²) in [5.41, 5.74) is -1.42. The Hall–Kier alpha value is -1.46. The Morgan fingerprint density at radius 2 is 1.05 bits per heavy atom. The number of alkyl carbamates (subject to hydrolysis) is 2. The summed E-state index contributed by atoms with van der Waals surface area (Å²) in [5.74, 6) is 0. The van der Waals surface area contributed by atoms with Crippen LogP contribution in [0.4, 0.5) is 9.59 Å². The van der Waals surface area contributed by atoms with E-state index in [4.69, 9.17) is 9.47 Å². The lowest BCUT2D eigenvalue weighted by molar-refractivity contribution is -0.103. The zero-order chi connectivity index (χ0) is 16.1. The van der Waals surface area contributed by atoms with Crippen LogP contribution in [0.25, 0.3) is 0 Å². The molecule has 3 fully saturated rings. The lowest BCUT2D eigenvalue weighted by Gasteiger charge is -2.69. The van der Waals surface area contributed by atoms with E-state index in [-0.39, 0.29) is 11.1 Å². The summed E-state index contributed by atoms with van der Waals surface area (Å²) < 4.78 is 10.5. The van der Waals surface area contributed by atoms with Crippen LogP contribution in [0.1, 0.15) is 60.8 Å². The van der Waals surface area contributed by atoms with Crippen LogP contribution < -0.4 is 10.6 Å². The first kappa shape index (κ1) is 15.9. The molecular formula is C15H26N2O4. The Bertz CT molecular complexity index is 400. The number of carbonyl (C=O) groups is 2. The first-order valence-corrected chi connectivity index (χ1v) is 7.35. The third-order valence-electron chi connectivity index (χ3n) is 3.56. The molecule has 3 rings (SSSR count). The fourth-order valence-corrected chi connectivity index (χ4v) is 3.09. The Labute approximate surface area is 125 Å². The fraction of sp³-hybridized carbons (Fsp3) is 0.867. The highest BCUT2D eigenvalue weighted by Gasteiger charge is 2.70. The Balaban J connectivity index is 1.75. The first-order chi connectivity index (χ1) is 9.32. The van der Waals surface area contributed by atoms with Crippen LogP contribution >= 0.6 is 0 Å². The molecule has 0 unspecified atom stereocenters. The minimum absolute atomic E-state index is 0.211. The number of rotatable bonds is 2. The van der Waals surface area contributed by atoms with Gasteiger partial charge in [0.05, 0.1) is 11.1 Å². The molecule has 3 aliphatic carbocycles. The van der Waals surface area contributed by atoms with Gasteiger partial charge in [0, 0.05) is 0 Å². The molecule has 2 bridgehead atoms. The van der Waals surface area contributed by atoms with Gasteiger partial charge in [0.2, 0.25) is 0 Å². The van der Waals surface area contributed by atoms with E-state index in [1.165, 1.54) is 0 Å². The van der Waals surface area contributed by atoms with Crippen LogP contribution in [-0.4, -0.2) is 34.5 Å². The van der Waals surface area contributed by atoms with Crippen molar-refractivity contribution in [3.8, 4) is 0 Å². The first-order valence-electron chi connectivity index (χ1n) is 7.35. The molecule has 0 aliphatic heterocycles. The molecular weight excluding hydrogens is 272 g/mol. The van der Waals surface area contributed by atoms with Crippen LogP contribution in [-0.2, 0) is 9.47 Å². The van der Waals surface area contributed by atoms with Gasteiger partial charge >= 0.3 is 12.2 Å². The van der Waals surface area contributed by atoms with Crippen LogP contribution in [0.5, 0.6) is 0 Å². The Morgan fingerprint density at radius 1 is 0.762 bits per heavy atom. The predicted octanol–water partition coefficient (Wildman–Crippen LogP) is 2.71. The summed E-state index contributed by atoms with van der Waals surface area (Å²) in [7, 11) is 0. The van der Waals surface area contributed by atoms with E-state index in [1.54, 1.807) is 0 Å². The summed E-state index contributed by atoms with van der Waals surface area (Å²) >= 11 is 0. The fourth-order valence-electron chi connectivity index (χ4n) is 3.09. The highest BCUT2D eigenvalue weighted by Crippen LogP contribution is 2.60. The van der Waals surface area contributed by atoms with E-state index in [0.29, 0.717) is 0 Å². The standard InChI is InChI=1S/C15H26N2O4/c1-12(2,3)20-10(18)16-14-7-15(8-14,9-14)17-11(19)21-13(4,5)6/h7-9H2,1-6H3,(H,16,18)(H,17,19). The lowest BCUT2D eigenvalue weighted by Crippen LogP contribution is -2.84. The van der Waals surface area contributed by atoms with Crippen molar-refractivity contribution in [2.24, 2.45) is 0 Å². The van der Waals surface area contributed by atoms with Gasteiger partial charge in [0.15, 0.2) is 0 Å². The summed E-state index contributed by atoms with van der Waals surface area (Å²) in [6.45, 7) is 11.0. The summed E-state index contributed by atoms with van der Waals surface area (Å²) in [6.07, 6.45) is 1.41. The zero-order valence-electron chi connectivity index (χ0n) is 13.8. The van der Waals surface area contributed by atoms with Gasteiger partial charge < -0.3 is 20.1 Å². The maximum absolute atomic E-state index is 11.8. The van der Waals surface area contributed by atoms with Gasteiger partial charge in [-0.1, -0.05) is 0 Å². The van der Waals surface area contributed by atoms with E-state index in [1.807, 2.05) is 41.5 Å². The van der Waals surface area contributed by atoms with Crippen molar-refractivity contribution in [2.45, 2.75) is 83.1 Å². The molecule has 6 nitrogen and oxygen atoms in total. The Morgan fingerprint density at radius 3 is 1.29 bits per heavy atom. The smallest absolute Gasteiger partial charge is 0.408 e. The van der Waals surface area contributed by atoms with E-state index in [9.17, 15) is 9.59 Å². The van der Waals surface area contributed by atoms with Crippen LogP contribution in [0, 0.1) is 0 Å².